The van der Waals surface area contributed by atoms with Crippen molar-refractivity contribution < 1.29 is 73.1 Å². The maximum atomic E-state index is 12.3. The van der Waals surface area contributed by atoms with Crippen molar-refractivity contribution in [2.24, 2.45) is 0 Å². The standard InChI is InChI=1S/C18H34N4O15P2/c23-13(19-9-18(38(32,33)34)39(35,36)37)10-20(3-1-14(24)25)5-7-22(12-17(30)31)8-6-21(11-16(28)29)4-2-15(26)27/h18H,1-12H2,(H,19,23)(H,24,25)(H,26,27)(H,28,29)(H,30,31)(H2,32,33,34)(H2,35,36,37). The lowest BCUT2D eigenvalue weighted by Gasteiger charge is -2.28. The fourth-order valence-electron chi connectivity index (χ4n) is 3.16. The first kappa shape index (κ1) is 36.5. The van der Waals surface area contributed by atoms with Crippen LogP contribution in [-0.4, -0.2) is 155 Å². The van der Waals surface area contributed by atoms with E-state index in [1.54, 1.807) is 0 Å². The summed E-state index contributed by atoms with van der Waals surface area (Å²) in [6.45, 7) is -3.18. The number of amides is 1. The van der Waals surface area contributed by atoms with Gasteiger partial charge in [-0.15, -0.1) is 0 Å². The van der Waals surface area contributed by atoms with E-state index in [9.17, 15) is 38.2 Å². The molecule has 0 aromatic carbocycles. The van der Waals surface area contributed by atoms with Gasteiger partial charge in [0.05, 0.1) is 32.5 Å². The minimum absolute atomic E-state index is 0.0192. The lowest BCUT2D eigenvalue weighted by Crippen LogP contribution is -2.46. The maximum Gasteiger partial charge on any atom is 0.342 e. The predicted octanol–water partition coefficient (Wildman–Crippen LogP) is -3.19. The molecule has 0 aliphatic carbocycles. The van der Waals surface area contributed by atoms with Gasteiger partial charge >= 0.3 is 39.1 Å². The van der Waals surface area contributed by atoms with Crippen LogP contribution in [0, 0.1) is 0 Å². The SMILES string of the molecule is O=C(O)CCN(CCN(CCN(CCC(=O)O)CC(=O)NCC(P(=O)(O)O)P(=O)(O)O)CC(=O)O)CC(=O)O. The molecule has 0 atom stereocenters. The van der Waals surface area contributed by atoms with E-state index < -0.39 is 83.0 Å². The molecule has 1 amide bonds. The number of carbonyl (C=O) groups excluding carboxylic acids is 1. The van der Waals surface area contributed by atoms with E-state index in [1.165, 1.54) is 14.7 Å². The Labute approximate surface area is 222 Å². The molecule has 0 heterocycles. The lowest BCUT2D eigenvalue weighted by molar-refractivity contribution is -0.141. The second-order valence-corrected chi connectivity index (χ2v) is 12.4. The molecule has 0 aromatic rings. The van der Waals surface area contributed by atoms with Crippen LogP contribution in [0.3, 0.4) is 0 Å². The summed E-state index contributed by atoms with van der Waals surface area (Å²) >= 11 is 0. The summed E-state index contributed by atoms with van der Waals surface area (Å²) < 4.78 is 22.7. The van der Waals surface area contributed by atoms with Crippen molar-refractivity contribution in [1.29, 1.82) is 0 Å². The summed E-state index contributed by atoms with van der Waals surface area (Å²) in [6, 6.07) is 0. The van der Waals surface area contributed by atoms with Crippen LogP contribution >= 0.6 is 15.2 Å². The topological polar surface area (TPSA) is 303 Å². The molecule has 0 fully saturated rings. The average molecular weight is 608 g/mol. The number of hydrogen-bond acceptors (Lipinski definition) is 10. The van der Waals surface area contributed by atoms with Crippen molar-refractivity contribution in [3.63, 3.8) is 0 Å². The Morgan fingerprint density at radius 2 is 0.897 bits per heavy atom. The van der Waals surface area contributed by atoms with Crippen molar-refractivity contribution in [3.8, 4) is 0 Å². The van der Waals surface area contributed by atoms with Crippen molar-refractivity contribution >= 4 is 45.0 Å². The normalized spacial score (nSPS) is 12.3. The highest BCUT2D eigenvalue weighted by atomic mass is 31.2. The Morgan fingerprint density at radius 3 is 1.21 bits per heavy atom. The number of carboxylic acids is 4. The lowest BCUT2D eigenvalue weighted by atomic mass is 10.3. The third kappa shape index (κ3) is 18.4. The van der Waals surface area contributed by atoms with Gasteiger partial charge in [-0.1, -0.05) is 0 Å². The molecule has 226 valence electrons. The van der Waals surface area contributed by atoms with E-state index >= 15 is 0 Å². The van der Waals surface area contributed by atoms with Crippen LogP contribution in [0.1, 0.15) is 12.8 Å². The molecule has 21 heteroatoms. The van der Waals surface area contributed by atoms with Crippen LogP contribution in [0.15, 0.2) is 0 Å². The first-order chi connectivity index (χ1) is 17.8. The third-order valence-electron chi connectivity index (χ3n) is 5.09. The Morgan fingerprint density at radius 1 is 0.564 bits per heavy atom. The molecule has 9 N–H and O–H groups in total. The molecule has 0 aromatic heterocycles. The highest BCUT2D eigenvalue weighted by molar-refractivity contribution is 7.70. The van der Waals surface area contributed by atoms with Gasteiger partial charge in [0.1, 0.15) is 0 Å². The first-order valence-corrected chi connectivity index (χ1v) is 14.6. The molecule has 0 aliphatic rings. The largest absolute Gasteiger partial charge is 0.481 e. The van der Waals surface area contributed by atoms with Crippen LogP contribution < -0.4 is 5.32 Å². The Bertz CT molecular complexity index is 931. The second kappa shape index (κ2) is 17.3. The van der Waals surface area contributed by atoms with E-state index in [-0.39, 0.29) is 45.7 Å². The minimum atomic E-state index is -5.29. The van der Waals surface area contributed by atoms with Gasteiger partial charge in [0, 0.05) is 45.8 Å². The van der Waals surface area contributed by atoms with Gasteiger partial charge in [-0.25, -0.2) is 0 Å². The van der Waals surface area contributed by atoms with Gasteiger partial charge in [-0.05, 0) is 0 Å². The Kier molecular flexibility index (Phi) is 16.2. The zero-order valence-corrected chi connectivity index (χ0v) is 22.5. The summed E-state index contributed by atoms with van der Waals surface area (Å²) in [5.74, 6) is -5.81. The summed E-state index contributed by atoms with van der Waals surface area (Å²) in [7, 11) is -10.6. The molecule has 0 spiro atoms. The molecule has 0 bridgehead atoms. The Balaban J connectivity index is 5.33. The third-order valence-corrected chi connectivity index (χ3v) is 8.82. The fourth-order valence-corrected chi connectivity index (χ4v) is 5.39. The molecule has 0 unspecified atom stereocenters. The molecule has 19 nitrogen and oxygen atoms in total. The van der Waals surface area contributed by atoms with Gasteiger partial charge < -0.3 is 45.3 Å². The van der Waals surface area contributed by atoms with E-state index in [0.29, 0.717) is 0 Å². The summed E-state index contributed by atoms with van der Waals surface area (Å²) in [4.78, 5) is 96.9. The van der Waals surface area contributed by atoms with E-state index in [0.717, 1.165) is 0 Å². The molecule has 0 radical (unpaired) electrons. The van der Waals surface area contributed by atoms with Crippen molar-refractivity contribution in [3.05, 3.63) is 0 Å². The maximum absolute atomic E-state index is 12.3. The number of hydrogen-bond donors (Lipinski definition) is 9. The first-order valence-electron chi connectivity index (χ1n) is 11.2. The van der Waals surface area contributed by atoms with Gasteiger partial charge in [0.15, 0.2) is 5.40 Å². The average Bonchev–Trinajstić information content (AvgIpc) is 2.74. The number of carboxylic acid groups (broad SMARTS) is 4. The minimum Gasteiger partial charge on any atom is -0.481 e. The van der Waals surface area contributed by atoms with Crippen LogP contribution in [0.2, 0.25) is 0 Å². The van der Waals surface area contributed by atoms with E-state index in [4.69, 9.17) is 34.9 Å². The quantitative estimate of drug-likeness (QED) is 0.0547. The Hall–Kier alpha value is -2.47. The molecule has 0 saturated carbocycles. The van der Waals surface area contributed by atoms with Crippen LogP contribution in [0.5, 0.6) is 0 Å². The second-order valence-electron chi connectivity index (χ2n) is 8.37. The molecule has 0 rings (SSSR count). The number of nitrogens with zero attached hydrogens (tertiary/aromatic N) is 3. The van der Waals surface area contributed by atoms with Crippen molar-refractivity contribution in [2.75, 3.05) is 65.4 Å². The number of carbonyl (C=O) groups is 5. The highest BCUT2D eigenvalue weighted by Gasteiger charge is 2.43. The molecular weight excluding hydrogens is 574 g/mol. The van der Waals surface area contributed by atoms with Crippen LogP contribution in [-0.2, 0) is 33.1 Å². The zero-order chi connectivity index (χ0) is 30.4. The zero-order valence-electron chi connectivity index (χ0n) is 20.7. The van der Waals surface area contributed by atoms with Gasteiger partial charge in [0.2, 0.25) is 5.91 Å². The van der Waals surface area contributed by atoms with Gasteiger partial charge in [0.25, 0.3) is 0 Å². The number of aliphatic carboxylic acids is 4. The monoisotopic (exact) mass is 608 g/mol. The van der Waals surface area contributed by atoms with E-state index in [1.807, 2.05) is 5.32 Å². The van der Waals surface area contributed by atoms with Crippen LogP contribution in [0.25, 0.3) is 0 Å². The van der Waals surface area contributed by atoms with E-state index in [2.05, 4.69) is 0 Å². The number of nitrogens with one attached hydrogen (secondary N) is 1. The summed E-state index contributed by atoms with van der Waals surface area (Å²) in [5, 5.41) is 35.5. The van der Waals surface area contributed by atoms with Crippen molar-refractivity contribution in [1.82, 2.24) is 20.0 Å². The molecule has 39 heavy (non-hydrogen) atoms. The highest BCUT2D eigenvalue weighted by Crippen LogP contribution is 2.59. The van der Waals surface area contributed by atoms with Crippen molar-refractivity contribution in [2.45, 2.75) is 18.2 Å². The molecule has 0 saturated heterocycles. The van der Waals surface area contributed by atoms with Crippen LogP contribution in [0.4, 0.5) is 0 Å². The fraction of sp³-hybridized carbons (Fsp3) is 0.722. The van der Waals surface area contributed by atoms with Gasteiger partial charge in [-0.3, -0.25) is 47.8 Å². The molecule has 0 aliphatic heterocycles. The van der Waals surface area contributed by atoms with Gasteiger partial charge in [-0.2, -0.15) is 0 Å². The summed E-state index contributed by atoms with van der Waals surface area (Å²) in [5.41, 5.74) is 0. The smallest absolute Gasteiger partial charge is 0.342 e. The summed E-state index contributed by atoms with van der Waals surface area (Å²) in [6.07, 6.45) is -0.795. The predicted molar refractivity (Wildman–Crippen MR) is 130 cm³/mol. The molecular formula is C18H34N4O15P2. The number of rotatable bonds is 22.